The molecule has 2 aromatic rings. The minimum atomic E-state index is -1.13. The Morgan fingerprint density at radius 3 is 2.48 bits per heavy atom. The van der Waals surface area contributed by atoms with Crippen LogP contribution in [0.2, 0.25) is 0 Å². The molecule has 1 amide bonds. The summed E-state index contributed by atoms with van der Waals surface area (Å²) < 4.78 is 0. The maximum absolute atomic E-state index is 11.9. The maximum atomic E-state index is 11.9. The quantitative estimate of drug-likeness (QED) is 0.566. The standard InChI is InChI=1S/C18H18N2O5/c21-14-7-6-13(16(22)9-14)10-19-11-17(23)20-15(18(24)25)8-12-4-2-1-3-5-12/h1-7,9-10,15,21-22H,8,11H2,(H,20,23)(H,24,25)/t15-/m0/s1. The molecule has 0 radical (unpaired) electrons. The zero-order chi connectivity index (χ0) is 18.2. The van der Waals surface area contributed by atoms with Crippen LogP contribution in [0.1, 0.15) is 11.1 Å². The fraction of sp³-hybridized carbons (Fsp3) is 0.167. The summed E-state index contributed by atoms with van der Waals surface area (Å²) in [6, 6.07) is 11.9. The lowest BCUT2D eigenvalue weighted by Crippen LogP contribution is -2.43. The van der Waals surface area contributed by atoms with Gasteiger partial charge in [-0.25, -0.2) is 4.79 Å². The highest BCUT2D eigenvalue weighted by molar-refractivity contribution is 5.88. The fourth-order valence-electron chi connectivity index (χ4n) is 2.16. The second kappa shape index (κ2) is 8.49. The lowest BCUT2D eigenvalue weighted by molar-refractivity contribution is -0.141. The van der Waals surface area contributed by atoms with Crippen molar-refractivity contribution in [3.8, 4) is 11.5 Å². The van der Waals surface area contributed by atoms with Crippen molar-refractivity contribution >= 4 is 18.1 Å². The average molecular weight is 342 g/mol. The summed E-state index contributed by atoms with van der Waals surface area (Å²) in [6.45, 7) is -0.279. The van der Waals surface area contributed by atoms with Gasteiger partial charge in [0.2, 0.25) is 5.91 Å². The van der Waals surface area contributed by atoms with E-state index in [2.05, 4.69) is 10.3 Å². The number of benzene rings is 2. The molecule has 25 heavy (non-hydrogen) atoms. The molecule has 7 nitrogen and oxygen atoms in total. The number of nitrogens with zero attached hydrogens (tertiary/aromatic N) is 1. The zero-order valence-electron chi connectivity index (χ0n) is 13.3. The normalized spacial score (nSPS) is 12.0. The number of carbonyl (C=O) groups is 2. The Bertz CT molecular complexity index is 774. The molecule has 1 atom stereocenters. The molecule has 130 valence electrons. The van der Waals surface area contributed by atoms with Gasteiger partial charge in [-0.15, -0.1) is 0 Å². The van der Waals surface area contributed by atoms with Gasteiger partial charge in [0.1, 0.15) is 24.1 Å². The topological polar surface area (TPSA) is 119 Å². The summed E-state index contributed by atoms with van der Waals surface area (Å²) >= 11 is 0. The van der Waals surface area contributed by atoms with Crippen molar-refractivity contribution in [2.45, 2.75) is 12.5 Å². The SMILES string of the molecule is O=C(CN=Cc1ccc(O)cc1O)N[C@@H](Cc1ccccc1)C(=O)O. The molecule has 0 fully saturated rings. The van der Waals surface area contributed by atoms with Crippen molar-refractivity contribution < 1.29 is 24.9 Å². The predicted molar refractivity (Wildman–Crippen MR) is 91.9 cm³/mol. The van der Waals surface area contributed by atoms with Crippen LogP contribution >= 0.6 is 0 Å². The Morgan fingerprint density at radius 2 is 1.84 bits per heavy atom. The molecule has 0 unspecified atom stereocenters. The summed E-state index contributed by atoms with van der Waals surface area (Å²) in [7, 11) is 0. The van der Waals surface area contributed by atoms with Crippen molar-refractivity contribution in [3.63, 3.8) is 0 Å². The summed E-state index contributed by atoms with van der Waals surface area (Å²) in [5.41, 5.74) is 1.14. The second-order valence-corrected chi connectivity index (χ2v) is 5.36. The van der Waals surface area contributed by atoms with Crippen LogP contribution in [0.25, 0.3) is 0 Å². The number of aromatic hydroxyl groups is 2. The Morgan fingerprint density at radius 1 is 1.12 bits per heavy atom. The predicted octanol–water partition coefficient (Wildman–Crippen LogP) is 1.33. The number of aliphatic carboxylic acids is 1. The third-order valence-electron chi connectivity index (χ3n) is 3.40. The molecule has 2 rings (SSSR count). The van der Waals surface area contributed by atoms with E-state index in [1.807, 2.05) is 6.07 Å². The average Bonchev–Trinajstić information content (AvgIpc) is 2.57. The Kier molecular flexibility index (Phi) is 6.11. The van der Waals surface area contributed by atoms with E-state index in [0.29, 0.717) is 5.56 Å². The number of rotatable bonds is 7. The van der Waals surface area contributed by atoms with Crippen LogP contribution in [-0.2, 0) is 16.0 Å². The van der Waals surface area contributed by atoms with Crippen LogP contribution in [0, 0.1) is 0 Å². The van der Waals surface area contributed by atoms with Crippen molar-refractivity contribution in [3.05, 3.63) is 59.7 Å². The van der Waals surface area contributed by atoms with Gasteiger partial charge in [-0.05, 0) is 17.7 Å². The van der Waals surface area contributed by atoms with E-state index < -0.39 is 17.9 Å². The molecule has 0 saturated heterocycles. The highest BCUT2D eigenvalue weighted by atomic mass is 16.4. The second-order valence-electron chi connectivity index (χ2n) is 5.36. The number of hydrogen-bond acceptors (Lipinski definition) is 5. The molecule has 7 heteroatoms. The first-order valence-electron chi connectivity index (χ1n) is 7.53. The van der Waals surface area contributed by atoms with E-state index in [0.717, 1.165) is 11.6 Å². The number of carbonyl (C=O) groups excluding carboxylic acids is 1. The first kappa shape index (κ1) is 18.0. The number of carboxylic acids is 1. The number of phenols is 2. The largest absolute Gasteiger partial charge is 0.508 e. The van der Waals surface area contributed by atoms with Crippen molar-refractivity contribution in [2.75, 3.05) is 6.54 Å². The number of aliphatic imine (C=N–C) groups is 1. The van der Waals surface area contributed by atoms with Crippen LogP contribution in [0.15, 0.2) is 53.5 Å². The minimum Gasteiger partial charge on any atom is -0.508 e. The van der Waals surface area contributed by atoms with Crippen molar-refractivity contribution in [2.24, 2.45) is 4.99 Å². The smallest absolute Gasteiger partial charge is 0.326 e. The highest BCUT2D eigenvalue weighted by Gasteiger charge is 2.19. The van der Waals surface area contributed by atoms with Gasteiger partial charge in [-0.3, -0.25) is 9.79 Å². The molecule has 0 spiro atoms. The first-order valence-corrected chi connectivity index (χ1v) is 7.53. The molecule has 0 aromatic heterocycles. The van der Waals surface area contributed by atoms with Gasteiger partial charge in [-0.2, -0.15) is 0 Å². The monoisotopic (exact) mass is 342 g/mol. The fourth-order valence-corrected chi connectivity index (χ4v) is 2.16. The third-order valence-corrected chi connectivity index (χ3v) is 3.40. The van der Waals surface area contributed by atoms with Gasteiger partial charge in [-0.1, -0.05) is 30.3 Å². The molecule has 0 saturated carbocycles. The van der Waals surface area contributed by atoms with Gasteiger partial charge in [0.25, 0.3) is 0 Å². The number of amides is 1. The summed E-state index contributed by atoms with van der Waals surface area (Å²) in [5.74, 6) is -1.93. The Balaban J connectivity index is 1.92. The van der Waals surface area contributed by atoms with Crippen LogP contribution in [0.4, 0.5) is 0 Å². The molecule has 0 aliphatic carbocycles. The zero-order valence-corrected chi connectivity index (χ0v) is 13.3. The lowest BCUT2D eigenvalue weighted by atomic mass is 10.1. The van der Waals surface area contributed by atoms with E-state index in [9.17, 15) is 24.9 Å². The Hall–Kier alpha value is -3.35. The van der Waals surface area contributed by atoms with Crippen LogP contribution in [-0.4, -0.2) is 46.0 Å². The van der Waals surface area contributed by atoms with Gasteiger partial charge >= 0.3 is 5.97 Å². The van der Waals surface area contributed by atoms with Gasteiger partial charge in [0, 0.05) is 24.3 Å². The number of nitrogens with one attached hydrogen (secondary N) is 1. The van der Waals surface area contributed by atoms with Crippen LogP contribution in [0.5, 0.6) is 11.5 Å². The molecule has 0 aliphatic heterocycles. The first-order chi connectivity index (χ1) is 12.0. The van der Waals surface area contributed by atoms with E-state index in [1.165, 1.54) is 18.3 Å². The molecule has 0 bridgehead atoms. The molecular weight excluding hydrogens is 324 g/mol. The van der Waals surface area contributed by atoms with Crippen LogP contribution in [0.3, 0.4) is 0 Å². The molecular formula is C18H18N2O5. The molecule has 4 N–H and O–H groups in total. The summed E-state index contributed by atoms with van der Waals surface area (Å²) in [6.07, 6.45) is 1.45. The van der Waals surface area contributed by atoms with E-state index in [1.54, 1.807) is 24.3 Å². The molecule has 0 aliphatic rings. The van der Waals surface area contributed by atoms with Crippen LogP contribution < -0.4 is 5.32 Å². The van der Waals surface area contributed by atoms with Gasteiger partial charge in [0.15, 0.2) is 0 Å². The van der Waals surface area contributed by atoms with Crippen molar-refractivity contribution in [1.29, 1.82) is 0 Å². The molecule has 0 heterocycles. The van der Waals surface area contributed by atoms with Crippen molar-refractivity contribution in [1.82, 2.24) is 5.32 Å². The third kappa shape index (κ3) is 5.65. The van der Waals surface area contributed by atoms with E-state index in [-0.39, 0.29) is 24.5 Å². The van der Waals surface area contributed by atoms with Gasteiger partial charge < -0.3 is 20.6 Å². The number of hydrogen-bond donors (Lipinski definition) is 4. The molecule has 2 aromatic carbocycles. The maximum Gasteiger partial charge on any atom is 0.326 e. The summed E-state index contributed by atoms with van der Waals surface area (Å²) in [4.78, 5) is 27.1. The minimum absolute atomic E-state index is 0.0856. The van der Waals surface area contributed by atoms with E-state index >= 15 is 0 Å². The summed E-state index contributed by atoms with van der Waals surface area (Å²) in [5, 5.41) is 30.5. The Labute approximate surface area is 144 Å². The number of phenolic OH excluding ortho intramolecular Hbond substituents is 2. The lowest BCUT2D eigenvalue weighted by Gasteiger charge is -2.13. The van der Waals surface area contributed by atoms with E-state index in [4.69, 9.17) is 0 Å². The van der Waals surface area contributed by atoms with Gasteiger partial charge in [0.05, 0.1) is 0 Å². The highest BCUT2D eigenvalue weighted by Crippen LogP contribution is 2.20. The number of carboxylic acid groups (broad SMARTS) is 1.